The Morgan fingerprint density at radius 3 is 2.62 bits per heavy atom. The molecule has 0 atom stereocenters. The maximum absolute atomic E-state index is 12.1. The minimum absolute atomic E-state index is 0.123. The van der Waals surface area contributed by atoms with Gasteiger partial charge in [0.2, 0.25) is 0 Å². The molecule has 0 saturated heterocycles. The summed E-state index contributed by atoms with van der Waals surface area (Å²) >= 11 is 0. The van der Waals surface area contributed by atoms with Crippen LogP contribution in [0.25, 0.3) is 0 Å². The number of carbonyl (C=O) groups is 1. The van der Waals surface area contributed by atoms with Gasteiger partial charge in [0.25, 0.3) is 16.0 Å². The number of nitriles is 1. The summed E-state index contributed by atoms with van der Waals surface area (Å²) in [6, 6.07) is 10.2. The zero-order chi connectivity index (χ0) is 17.6. The van der Waals surface area contributed by atoms with E-state index in [0.29, 0.717) is 5.69 Å². The molecular weight excluding hydrogens is 332 g/mol. The lowest BCUT2D eigenvalue weighted by Crippen LogP contribution is -2.15. The smallest absolute Gasteiger partial charge is 0.294 e. The zero-order valence-electron chi connectivity index (χ0n) is 12.2. The lowest BCUT2D eigenvalue weighted by atomic mass is 10.2. The van der Waals surface area contributed by atoms with Crippen LogP contribution < -0.4 is 10.6 Å². The van der Waals surface area contributed by atoms with Crippen LogP contribution in [0, 0.1) is 11.3 Å². The van der Waals surface area contributed by atoms with Gasteiger partial charge in [0, 0.05) is 18.1 Å². The fourth-order valence-corrected chi connectivity index (χ4v) is 2.21. The molecule has 0 unspecified atom stereocenters. The van der Waals surface area contributed by atoms with Crippen molar-refractivity contribution >= 4 is 27.4 Å². The molecule has 0 spiro atoms. The lowest BCUT2D eigenvalue weighted by molar-refractivity contribution is -0.112. The molecule has 24 heavy (non-hydrogen) atoms. The van der Waals surface area contributed by atoms with Crippen LogP contribution >= 0.6 is 0 Å². The Morgan fingerprint density at radius 1 is 1.25 bits per heavy atom. The van der Waals surface area contributed by atoms with Crippen molar-refractivity contribution < 1.29 is 17.8 Å². The summed E-state index contributed by atoms with van der Waals surface area (Å²) in [5, 5.41) is 14.2. The summed E-state index contributed by atoms with van der Waals surface area (Å²) in [4.78, 5) is 15.6. The summed E-state index contributed by atoms with van der Waals surface area (Å²) in [6.07, 6.45) is 4.30. The van der Waals surface area contributed by atoms with Gasteiger partial charge in [0.05, 0.1) is 16.8 Å². The molecule has 2 rings (SSSR count). The monoisotopic (exact) mass is 344 g/mol. The van der Waals surface area contributed by atoms with E-state index in [0.717, 1.165) is 6.07 Å². The maximum Gasteiger partial charge on any atom is 0.294 e. The molecule has 0 bridgehead atoms. The highest BCUT2D eigenvalue weighted by Gasteiger charge is 2.13. The molecule has 1 aromatic carbocycles. The molecule has 0 fully saturated rings. The molecule has 8 nitrogen and oxygen atoms in total. The van der Waals surface area contributed by atoms with E-state index in [9.17, 15) is 13.2 Å². The third kappa shape index (κ3) is 4.64. The van der Waals surface area contributed by atoms with E-state index in [1.54, 1.807) is 24.4 Å². The summed E-state index contributed by atoms with van der Waals surface area (Å²) in [5.41, 5.74) is 0.486. The number of hydrogen-bond donors (Lipinski definition) is 3. The van der Waals surface area contributed by atoms with E-state index < -0.39 is 16.0 Å². The molecule has 0 aliphatic heterocycles. The number of anilines is 2. The first-order chi connectivity index (χ1) is 11.4. The van der Waals surface area contributed by atoms with Gasteiger partial charge in [-0.05, 0) is 30.3 Å². The number of rotatable bonds is 5. The minimum Gasteiger partial charge on any atom is -0.359 e. The van der Waals surface area contributed by atoms with Gasteiger partial charge in [0.1, 0.15) is 11.6 Å². The Morgan fingerprint density at radius 2 is 2.00 bits per heavy atom. The number of benzene rings is 1. The highest BCUT2D eigenvalue weighted by atomic mass is 32.2. The normalized spacial score (nSPS) is 11.4. The number of nitrogens with one attached hydrogen (secondary N) is 2. The molecule has 1 heterocycles. The molecule has 122 valence electrons. The lowest BCUT2D eigenvalue weighted by Gasteiger charge is -2.06. The first kappa shape index (κ1) is 17.1. The third-order valence-corrected chi connectivity index (χ3v) is 3.65. The van der Waals surface area contributed by atoms with Crippen LogP contribution in [0.4, 0.5) is 11.4 Å². The average molecular weight is 344 g/mol. The number of nitrogens with zero attached hydrogens (tertiary/aromatic N) is 2. The van der Waals surface area contributed by atoms with E-state index in [1.807, 2.05) is 0 Å². The van der Waals surface area contributed by atoms with Crippen molar-refractivity contribution in [3.63, 3.8) is 0 Å². The van der Waals surface area contributed by atoms with E-state index in [4.69, 9.17) is 9.81 Å². The fraction of sp³-hybridized carbons (Fsp3) is 0. The molecule has 0 aliphatic rings. The van der Waals surface area contributed by atoms with Crippen molar-refractivity contribution in [3.05, 3.63) is 60.6 Å². The zero-order valence-corrected chi connectivity index (χ0v) is 13.0. The van der Waals surface area contributed by atoms with Crippen molar-refractivity contribution in [3.8, 4) is 6.07 Å². The van der Waals surface area contributed by atoms with Crippen LogP contribution in [0.1, 0.15) is 0 Å². The minimum atomic E-state index is -4.38. The molecule has 1 aromatic heterocycles. The van der Waals surface area contributed by atoms with Crippen molar-refractivity contribution in [1.82, 2.24) is 4.98 Å². The SMILES string of the molecule is N#C/C(=C/Nc1cccnc1)C(=O)Nc1cccc(S(=O)(=O)O)c1. The van der Waals surface area contributed by atoms with Crippen molar-refractivity contribution in [2.75, 3.05) is 10.6 Å². The van der Waals surface area contributed by atoms with Gasteiger partial charge in [-0.1, -0.05) is 6.07 Å². The largest absolute Gasteiger partial charge is 0.359 e. The number of aromatic nitrogens is 1. The number of hydrogen-bond acceptors (Lipinski definition) is 6. The first-order valence-electron chi connectivity index (χ1n) is 6.56. The molecule has 0 saturated carbocycles. The van der Waals surface area contributed by atoms with Gasteiger partial charge in [-0.2, -0.15) is 13.7 Å². The topological polar surface area (TPSA) is 132 Å². The van der Waals surface area contributed by atoms with Crippen LogP contribution in [0.5, 0.6) is 0 Å². The predicted octanol–water partition coefficient (Wildman–Crippen LogP) is 1.79. The molecule has 1 amide bonds. The molecular formula is C15H12N4O4S. The van der Waals surface area contributed by atoms with Gasteiger partial charge in [-0.25, -0.2) is 0 Å². The average Bonchev–Trinajstić information content (AvgIpc) is 2.56. The van der Waals surface area contributed by atoms with Gasteiger partial charge in [0.15, 0.2) is 0 Å². The molecule has 9 heteroatoms. The molecule has 0 aliphatic carbocycles. The van der Waals surface area contributed by atoms with Gasteiger partial charge >= 0.3 is 0 Å². The van der Waals surface area contributed by atoms with Crippen LogP contribution in [0.15, 0.2) is 65.5 Å². The summed E-state index contributed by atoms with van der Waals surface area (Å²) in [7, 11) is -4.38. The van der Waals surface area contributed by atoms with Crippen molar-refractivity contribution in [2.45, 2.75) is 4.90 Å². The fourth-order valence-electron chi connectivity index (χ4n) is 1.68. The van der Waals surface area contributed by atoms with Crippen LogP contribution in [0.2, 0.25) is 0 Å². The Labute approximate surface area is 138 Å². The van der Waals surface area contributed by atoms with E-state index in [2.05, 4.69) is 15.6 Å². The molecule has 3 N–H and O–H groups in total. The van der Waals surface area contributed by atoms with Gasteiger partial charge in [-0.3, -0.25) is 14.3 Å². The van der Waals surface area contributed by atoms with Crippen molar-refractivity contribution in [2.24, 2.45) is 0 Å². The van der Waals surface area contributed by atoms with Crippen LogP contribution in [-0.4, -0.2) is 23.9 Å². The second-order valence-corrected chi connectivity index (χ2v) is 5.93. The summed E-state index contributed by atoms with van der Waals surface area (Å²) in [5.74, 6) is -0.735. The van der Waals surface area contributed by atoms with E-state index in [-0.39, 0.29) is 16.2 Å². The van der Waals surface area contributed by atoms with Crippen LogP contribution in [0.3, 0.4) is 0 Å². The Balaban J connectivity index is 2.14. The Hall–Kier alpha value is -3.22. The first-order valence-corrected chi connectivity index (χ1v) is 8.00. The molecule has 2 aromatic rings. The Kier molecular flexibility index (Phi) is 5.26. The number of pyridine rings is 1. The van der Waals surface area contributed by atoms with E-state index in [1.165, 1.54) is 30.6 Å². The standard InChI is InChI=1S/C15H12N4O4S/c16-8-11(9-18-13-4-2-6-17-10-13)15(20)19-12-3-1-5-14(7-12)24(21,22)23/h1-7,9-10,18H,(H,19,20)(H,21,22,23)/b11-9-. The Bertz CT molecular complexity index is 918. The number of carbonyl (C=O) groups excluding carboxylic acids is 1. The second-order valence-electron chi connectivity index (χ2n) is 4.51. The highest BCUT2D eigenvalue weighted by Crippen LogP contribution is 2.16. The van der Waals surface area contributed by atoms with Gasteiger partial charge in [-0.15, -0.1) is 0 Å². The molecule has 0 radical (unpaired) electrons. The van der Waals surface area contributed by atoms with Crippen molar-refractivity contribution in [1.29, 1.82) is 5.26 Å². The second kappa shape index (κ2) is 7.36. The highest BCUT2D eigenvalue weighted by molar-refractivity contribution is 7.85. The van der Waals surface area contributed by atoms with Gasteiger partial charge < -0.3 is 10.6 Å². The quantitative estimate of drug-likeness (QED) is 0.428. The maximum atomic E-state index is 12.1. The predicted molar refractivity (Wildman–Crippen MR) is 86.4 cm³/mol. The third-order valence-electron chi connectivity index (χ3n) is 2.80. The summed E-state index contributed by atoms with van der Waals surface area (Å²) in [6.45, 7) is 0. The van der Waals surface area contributed by atoms with E-state index >= 15 is 0 Å². The number of amides is 1. The van der Waals surface area contributed by atoms with Crippen LogP contribution in [-0.2, 0) is 14.9 Å². The summed E-state index contributed by atoms with van der Waals surface area (Å²) < 4.78 is 31.2.